The van der Waals surface area contributed by atoms with Gasteiger partial charge < -0.3 is 11.5 Å². The van der Waals surface area contributed by atoms with Crippen LogP contribution in [0.5, 0.6) is 0 Å². The molecule has 0 bridgehead atoms. The van der Waals surface area contributed by atoms with E-state index in [1.807, 2.05) is 0 Å². The van der Waals surface area contributed by atoms with Crippen molar-refractivity contribution in [3.8, 4) is 10.7 Å². The molecule has 3 heterocycles. The van der Waals surface area contributed by atoms with Gasteiger partial charge in [-0.05, 0) is 0 Å². The summed E-state index contributed by atoms with van der Waals surface area (Å²) in [6.07, 6.45) is 1.61. The van der Waals surface area contributed by atoms with E-state index in [2.05, 4.69) is 20.3 Å². The van der Waals surface area contributed by atoms with Crippen LogP contribution in [0.2, 0.25) is 0 Å². The van der Waals surface area contributed by atoms with Gasteiger partial charge in [0.15, 0.2) is 17.2 Å². The lowest BCUT2D eigenvalue weighted by molar-refractivity contribution is 0.906. The van der Waals surface area contributed by atoms with Crippen molar-refractivity contribution >= 4 is 28.6 Å². The van der Waals surface area contributed by atoms with Crippen molar-refractivity contribution in [2.75, 3.05) is 11.5 Å². The summed E-state index contributed by atoms with van der Waals surface area (Å²) < 4.78 is 1.51. The lowest BCUT2D eigenvalue weighted by Crippen LogP contribution is -2.05. The summed E-state index contributed by atoms with van der Waals surface area (Å²) in [6.45, 7) is 0. The molecule has 16 heavy (non-hydrogen) atoms. The average Bonchev–Trinajstić information content (AvgIpc) is 2.87. The molecule has 0 fully saturated rings. The van der Waals surface area contributed by atoms with E-state index in [4.69, 9.17) is 11.5 Å². The van der Waals surface area contributed by atoms with E-state index in [1.165, 1.54) is 15.9 Å². The Kier molecular flexibility index (Phi) is 1.77. The molecule has 8 heteroatoms. The molecule has 7 nitrogen and oxygen atoms in total. The normalized spacial score (nSPS) is 11.0. The predicted molar refractivity (Wildman–Crippen MR) is 60.7 cm³/mol. The minimum atomic E-state index is 0.407. The van der Waals surface area contributed by atoms with Gasteiger partial charge in [-0.3, -0.25) is 0 Å². The van der Waals surface area contributed by atoms with Gasteiger partial charge in [-0.15, -0.1) is 21.5 Å². The fourth-order valence-corrected chi connectivity index (χ4v) is 2.06. The number of anilines is 2. The average molecular weight is 233 g/mol. The smallest absolute Gasteiger partial charge is 0.179 e. The number of nitrogens with zero attached hydrogens (tertiary/aromatic N) is 5. The van der Waals surface area contributed by atoms with Gasteiger partial charge >= 0.3 is 0 Å². The first-order valence-corrected chi connectivity index (χ1v) is 5.31. The Morgan fingerprint density at radius 1 is 1.25 bits per heavy atom. The highest BCUT2D eigenvalue weighted by Gasteiger charge is 2.13. The van der Waals surface area contributed by atoms with E-state index in [0.29, 0.717) is 28.0 Å². The van der Waals surface area contributed by atoms with Crippen LogP contribution in [0.1, 0.15) is 0 Å². The molecule has 3 rings (SSSR count). The van der Waals surface area contributed by atoms with Crippen molar-refractivity contribution in [2.45, 2.75) is 0 Å². The second-order valence-corrected chi connectivity index (χ2v) is 3.97. The Balaban J connectivity index is 2.27. The van der Waals surface area contributed by atoms with E-state index in [-0.39, 0.29) is 0 Å². The van der Waals surface area contributed by atoms with Crippen LogP contribution in [0.4, 0.5) is 11.6 Å². The highest BCUT2D eigenvalue weighted by atomic mass is 32.1. The van der Waals surface area contributed by atoms with Crippen LogP contribution in [0.25, 0.3) is 16.3 Å². The molecular weight excluding hydrogens is 226 g/mol. The zero-order chi connectivity index (χ0) is 11.1. The van der Waals surface area contributed by atoms with Gasteiger partial charge in [0.25, 0.3) is 0 Å². The number of rotatable bonds is 1. The molecule has 0 aromatic carbocycles. The van der Waals surface area contributed by atoms with Crippen molar-refractivity contribution in [1.29, 1.82) is 0 Å². The molecule has 0 saturated heterocycles. The van der Waals surface area contributed by atoms with E-state index < -0.39 is 0 Å². The number of fused-ring (bicyclic) bond motifs is 1. The first-order valence-electron chi connectivity index (χ1n) is 4.43. The topological polar surface area (TPSA) is 108 Å². The minimum absolute atomic E-state index is 0.407. The van der Waals surface area contributed by atoms with Crippen LogP contribution in [0.15, 0.2) is 17.6 Å². The summed E-state index contributed by atoms with van der Waals surface area (Å²) in [5.74, 6) is 0.853. The van der Waals surface area contributed by atoms with Crippen molar-refractivity contribution in [1.82, 2.24) is 24.8 Å². The first-order chi connectivity index (χ1) is 7.75. The monoisotopic (exact) mass is 233 g/mol. The van der Waals surface area contributed by atoms with Crippen LogP contribution in [-0.4, -0.2) is 24.8 Å². The number of aromatic nitrogens is 5. The standard InChI is InChI=1S/C8H7N7S/c9-4-3-16-8(12-4)6-7(10)15-5(13-14-6)1-2-11-15/h1-3H,9-10H2. The van der Waals surface area contributed by atoms with Crippen LogP contribution < -0.4 is 11.5 Å². The summed E-state index contributed by atoms with van der Waals surface area (Å²) in [6, 6.07) is 1.73. The molecule has 0 aliphatic rings. The predicted octanol–water partition coefficient (Wildman–Crippen LogP) is 0.412. The van der Waals surface area contributed by atoms with Crippen molar-refractivity contribution in [3.05, 3.63) is 17.6 Å². The molecule has 80 valence electrons. The fraction of sp³-hybridized carbons (Fsp3) is 0. The van der Waals surface area contributed by atoms with Crippen molar-refractivity contribution in [2.24, 2.45) is 0 Å². The van der Waals surface area contributed by atoms with Gasteiger partial charge in [0.05, 0.1) is 6.20 Å². The van der Waals surface area contributed by atoms with Gasteiger partial charge in [-0.1, -0.05) is 0 Å². The summed E-state index contributed by atoms with van der Waals surface area (Å²) in [5, 5.41) is 14.4. The largest absolute Gasteiger partial charge is 0.383 e. The van der Waals surface area contributed by atoms with Gasteiger partial charge in [-0.25, -0.2) is 4.98 Å². The number of nitrogen functional groups attached to an aromatic ring is 2. The molecule has 0 aliphatic heterocycles. The number of hydrogen-bond donors (Lipinski definition) is 2. The summed E-state index contributed by atoms with van der Waals surface area (Å²) in [5.41, 5.74) is 12.6. The third-order valence-electron chi connectivity index (χ3n) is 2.07. The first kappa shape index (κ1) is 9.04. The third-order valence-corrected chi connectivity index (χ3v) is 2.94. The SMILES string of the molecule is Nc1csc(-c2nnc3ccnn3c2N)n1. The molecule has 0 aliphatic carbocycles. The zero-order valence-electron chi connectivity index (χ0n) is 8.03. The molecular formula is C8H7N7S. The molecule has 0 saturated carbocycles. The van der Waals surface area contributed by atoms with Crippen molar-refractivity contribution in [3.63, 3.8) is 0 Å². The Hall–Kier alpha value is -2.22. The fourth-order valence-electron chi connectivity index (χ4n) is 1.36. The zero-order valence-corrected chi connectivity index (χ0v) is 8.85. The summed E-state index contributed by atoms with van der Waals surface area (Å²) in [7, 11) is 0. The quantitative estimate of drug-likeness (QED) is 0.630. The maximum absolute atomic E-state index is 5.93. The van der Waals surface area contributed by atoms with E-state index in [1.54, 1.807) is 17.6 Å². The van der Waals surface area contributed by atoms with Gasteiger partial charge in [0.2, 0.25) is 0 Å². The molecule has 3 aromatic rings. The number of hydrogen-bond acceptors (Lipinski definition) is 7. The van der Waals surface area contributed by atoms with Gasteiger partial charge in [0, 0.05) is 11.4 Å². The highest BCUT2D eigenvalue weighted by Crippen LogP contribution is 2.26. The van der Waals surface area contributed by atoms with Crippen LogP contribution in [0.3, 0.4) is 0 Å². The van der Waals surface area contributed by atoms with Crippen LogP contribution >= 0.6 is 11.3 Å². The number of nitrogens with two attached hydrogens (primary N) is 2. The molecule has 0 atom stereocenters. The molecule has 0 radical (unpaired) electrons. The molecule has 0 amide bonds. The van der Waals surface area contributed by atoms with E-state index in [9.17, 15) is 0 Å². The summed E-state index contributed by atoms with van der Waals surface area (Å²) in [4.78, 5) is 4.11. The lowest BCUT2D eigenvalue weighted by atomic mass is 10.4. The highest BCUT2D eigenvalue weighted by molar-refractivity contribution is 7.13. The maximum atomic E-state index is 5.93. The van der Waals surface area contributed by atoms with Crippen molar-refractivity contribution < 1.29 is 0 Å². The van der Waals surface area contributed by atoms with Crippen LogP contribution in [-0.2, 0) is 0 Å². The van der Waals surface area contributed by atoms with Gasteiger partial charge in [-0.2, -0.15) is 9.61 Å². The Bertz CT molecular complexity index is 655. The van der Waals surface area contributed by atoms with Crippen LogP contribution in [0, 0.1) is 0 Å². The number of thiazole rings is 1. The second-order valence-electron chi connectivity index (χ2n) is 3.11. The molecule has 0 unspecified atom stereocenters. The second kappa shape index (κ2) is 3.14. The Morgan fingerprint density at radius 3 is 2.88 bits per heavy atom. The molecule has 3 aromatic heterocycles. The van der Waals surface area contributed by atoms with Gasteiger partial charge in [0.1, 0.15) is 10.8 Å². The maximum Gasteiger partial charge on any atom is 0.179 e. The summed E-state index contributed by atoms with van der Waals surface area (Å²) >= 11 is 1.37. The van der Waals surface area contributed by atoms with E-state index >= 15 is 0 Å². The Labute approximate surface area is 93.7 Å². The lowest BCUT2D eigenvalue weighted by Gasteiger charge is -2.01. The molecule has 0 spiro atoms. The minimum Gasteiger partial charge on any atom is -0.383 e. The molecule has 4 N–H and O–H groups in total. The third kappa shape index (κ3) is 1.20. The Morgan fingerprint density at radius 2 is 2.12 bits per heavy atom. The van der Waals surface area contributed by atoms with E-state index in [0.717, 1.165) is 0 Å².